The molecule has 0 unspecified atom stereocenters. The molecule has 1 fully saturated rings. The van der Waals surface area contributed by atoms with E-state index in [1.54, 1.807) is 10.4 Å². The van der Waals surface area contributed by atoms with Crippen LogP contribution in [-0.2, 0) is 16.6 Å². The summed E-state index contributed by atoms with van der Waals surface area (Å²) in [6.07, 6.45) is 1.87. The van der Waals surface area contributed by atoms with E-state index < -0.39 is 10.0 Å². The number of nitrogens with one attached hydrogen (secondary N) is 1. The van der Waals surface area contributed by atoms with Gasteiger partial charge in [-0.1, -0.05) is 13.8 Å². The number of hydrogen-bond donors (Lipinski definition) is 1. The Kier molecular flexibility index (Phi) is 4.59. The summed E-state index contributed by atoms with van der Waals surface area (Å²) < 4.78 is 27.4. The molecule has 0 spiro atoms. The summed E-state index contributed by atoms with van der Waals surface area (Å²) >= 11 is 1.51. The lowest BCUT2D eigenvalue weighted by molar-refractivity contribution is 0.291. The van der Waals surface area contributed by atoms with Gasteiger partial charge in [-0.2, -0.15) is 4.31 Å². The fraction of sp³-hybridized carbons (Fsp3) is 0.714. The highest BCUT2D eigenvalue weighted by atomic mass is 32.2. The first-order valence-corrected chi connectivity index (χ1v) is 9.40. The maximum Gasteiger partial charge on any atom is 0.244 e. The predicted octanol–water partition coefficient (Wildman–Crippen LogP) is 2.81. The topological polar surface area (TPSA) is 49.4 Å². The lowest BCUT2D eigenvalue weighted by atomic mass is 10.0. The normalized spacial score (nSPS) is 19.9. The minimum absolute atomic E-state index is 0.274. The van der Waals surface area contributed by atoms with Crippen LogP contribution in [0.3, 0.4) is 0 Å². The van der Waals surface area contributed by atoms with Crippen LogP contribution >= 0.6 is 11.3 Å². The highest BCUT2D eigenvalue weighted by molar-refractivity contribution is 7.89. The van der Waals surface area contributed by atoms with Crippen molar-refractivity contribution >= 4 is 21.4 Å². The van der Waals surface area contributed by atoms with E-state index in [0.717, 1.165) is 17.7 Å². The molecule has 114 valence electrons. The van der Waals surface area contributed by atoms with Crippen LogP contribution < -0.4 is 5.32 Å². The number of sulfonamides is 1. The fourth-order valence-electron chi connectivity index (χ4n) is 2.63. The van der Waals surface area contributed by atoms with E-state index in [0.29, 0.717) is 24.0 Å². The quantitative estimate of drug-likeness (QED) is 0.909. The molecule has 1 aliphatic rings. The third-order valence-corrected chi connectivity index (χ3v) is 7.01. The minimum atomic E-state index is -3.38. The molecule has 6 heteroatoms. The zero-order chi connectivity index (χ0) is 15.0. The van der Waals surface area contributed by atoms with Crippen molar-refractivity contribution in [2.45, 2.75) is 63.6 Å². The number of hydrogen-bond acceptors (Lipinski definition) is 4. The average molecular weight is 316 g/mol. The number of rotatable bonds is 5. The molecule has 20 heavy (non-hydrogen) atoms. The van der Waals surface area contributed by atoms with Gasteiger partial charge in [0.05, 0.1) is 4.90 Å². The van der Waals surface area contributed by atoms with Gasteiger partial charge in [-0.15, -0.1) is 11.3 Å². The van der Waals surface area contributed by atoms with Gasteiger partial charge in [0.1, 0.15) is 0 Å². The van der Waals surface area contributed by atoms with Crippen molar-refractivity contribution in [2.75, 3.05) is 6.54 Å². The fourth-order valence-corrected chi connectivity index (χ4v) is 5.85. The average Bonchev–Trinajstić information content (AvgIpc) is 2.92. The first kappa shape index (κ1) is 15.9. The number of thiophene rings is 1. The monoisotopic (exact) mass is 316 g/mol. The van der Waals surface area contributed by atoms with E-state index in [1.807, 2.05) is 19.2 Å². The second-order valence-corrected chi connectivity index (χ2v) is 9.07. The Morgan fingerprint density at radius 1 is 1.45 bits per heavy atom. The van der Waals surface area contributed by atoms with Crippen LogP contribution in [0.5, 0.6) is 0 Å². The molecular formula is C14H24N2O2S2. The van der Waals surface area contributed by atoms with Crippen LogP contribution in [0.2, 0.25) is 0 Å². The molecule has 2 heterocycles. The first-order valence-electron chi connectivity index (χ1n) is 7.08. The van der Waals surface area contributed by atoms with Gasteiger partial charge in [-0.05, 0) is 38.1 Å². The molecule has 1 aromatic rings. The zero-order valence-corrected chi connectivity index (χ0v) is 14.3. The lowest BCUT2D eigenvalue weighted by Crippen LogP contribution is -2.42. The van der Waals surface area contributed by atoms with E-state index in [2.05, 4.69) is 19.2 Å². The Bertz CT molecular complexity index is 561. The highest BCUT2D eigenvalue weighted by Crippen LogP contribution is 2.36. The summed E-state index contributed by atoms with van der Waals surface area (Å²) in [5.74, 6) is 0. The zero-order valence-electron chi connectivity index (χ0n) is 12.6. The van der Waals surface area contributed by atoms with Crippen molar-refractivity contribution in [1.29, 1.82) is 0 Å². The summed E-state index contributed by atoms with van der Waals surface area (Å²) in [4.78, 5) is 1.38. The van der Waals surface area contributed by atoms with Gasteiger partial charge < -0.3 is 5.32 Å². The molecule has 0 radical (unpaired) electrons. The smallest absolute Gasteiger partial charge is 0.244 e. The molecule has 1 N–H and O–H groups in total. The summed E-state index contributed by atoms with van der Waals surface area (Å²) in [5.41, 5.74) is -0.274. The SMILES string of the molecule is CC(C)NCc1sccc1S(=O)(=O)N1CCCC1(C)C. The van der Waals surface area contributed by atoms with E-state index in [-0.39, 0.29) is 5.54 Å². The molecule has 0 saturated carbocycles. The molecule has 0 aromatic carbocycles. The van der Waals surface area contributed by atoms with Gasteiger partial charge in [0.2, 0.25) is 10.0 Å². The van der Waals surface area contributed by atoms with Crippen LogP contribution in [-0.4, -0.2) is 30.8 Å². The molecule has 0 bridgehead atoms. The van der Waals surface area contributed by atoms with Gasteiger partial charge in [0.15, 0.2) is 0 Å². The van der Waals surface area contributed by atoms with Crippen LogP contribution in [0.15, 0.2) is 16.3 Å². The minimum Gasteiger partial charge on any atom is -0.310 e. The van der Waals surface area contributed by atoms with E-state index in [4.69, 9.17) is 0 Å². The van der Waals surface area contributed by atoms with Crippen molar-refractivity contribution in [1.82, 2.24) is 9.62 Å². The summed E-state index contributed by atoms with van der Waals surface area (Å²) in [6.45, 7) is 9.38. The summed E-state index contributed by atoms with van der Waals surface area (Å²) in [6, 6.07) is 2.09. The van der Waals surface area contributed by atoms with Crippen LogP contribution in [0.4, 0.5) is 0 Å². The maximum atomic E-state index is 12.9. The van der Waals surface area contributed by atoms with Crippen molar-refractivity contribution in [3.8, 4) is 0 Å². The van der Waals surface area contributed by atoms with Gasteiger partial charge in [0, 0.05) is 29.5 Å². The van der Waals surface area contributed by atoms with Gasteiger partial charge in [-0.3, -0.25) is 0 Å². The highest BCUT2D eigenvalue weighted by Gasteiger charge is 2.41. The maximum absolute atomic E-state index is 12.9. The molecular weight excluding hydrogens is 292 g/mol. The lowest BCUT2D eigenvalue weighted by Gasteiger charge is -2.30. The van der Waals surface area contributed by atoms with Crippen molar-refractivity contribution in [2.24, 2.45) is 0 Å². The molecule has 0 amide bonds. The molecule has 1 aromatic heterocycles. The summed E-state index contributed by atoms with van der Waals surface area (Å²) in [5, 5.41) is 5.17. The standard InChI is InChI=1S/C14H24N2O2S2/c1-11(2)15-10-12-13(6-9-19-12)20(17,18)16-8-5-7-14(16,3)4/h6,9,11,15H,5,7-8,10H2,1-4H3. The molecule has 2 rings (SSSR count). The Morgan fingerprint density at radius 2 is 2.15 bits per heavy atom. The van der Waals surface area contributed by atoms with E-state index >= 15 is 0 Å². The Hall–Kier alpha value is -0.430. The van der Waals surface area contributed by atoms with Gasteiger partial charge >= 0.3 is 0 Å². The van der Waals surface area contributed by atoms with E-state index in [9.17, 15) is 8.42 Å². The molecule has 1 aliphatic heterocycles. The van der Waals surface area contributed by atoms with Crippen LogP contribution in [0.25, 0.3) is 0 Å². The van der Waals surface area contributed by atoms with Gasteiger partial charge in [-0.25, -0.2) is 8.42 Å². The third-order valence-electron chi connectivity index (χ3n) is 3.77. The predicted molar refractivity (Wildman–Crippen MR) is 83.5 cm³/mol. The molecule has 4 nitrogen and oxygen atoms in total. The second-order valence-electron chi connectivity index (χ2n) is 6.24. The Morgan fingerprint density at radius 3 is 2.70 bits per heavy atom. The first-order chi connectivity index (χ1) is 9.25. The summed E-state index contributed by atoms with van der Waals surface area (Å²) in [7, 11) is -3.38. The van der Waals surface area contributed by atoms with Gasteiger partial charge in [0.25, 0.3) is 0 Å². The van der Waals surface area contributed by atoms with Crippen molar-refractivity contribution < 1.29 is 8.42 Å². The second kappa shape index (κ2) is 5.75. The third kappa shape index (κ3) is 3.08. The van der Waals surface area contributed by atoms with E-state index in [1.165, 1.54) is 11.3 Å². The van der Waals surface area contributed by atoms with Crippen LogP contribution in [0, 0.1) is 0 Å². The molecule has 1 saturated heterocycles. The number of nitrogens with zero attached hydrogens (tertiary/aromatic N) is 1. The molecule has 0 atom stereocenters. The van der Waals surface area contributed by atoms with Crippen molar-refractivity contribution in [3.05, 3.63) is 16.3 Å². The largest absolute Gasteiger partial charge is 0.310 e. The van der Waals surface area contributed by atoms with Crippen molar-refractivity contribution in [3.63, 3.8) is 0 Å². The molecule has 0 aliphatic carbocycles. The Balaban J connectivity index is 2.29. The van der Waals surface area contributed by atoms with Crippen LogP contribution in [0.1, 0.15) is 45.4 Å². The Labute approximate surface area is 126 Å².